The van der Waals surface area contributed by atoms with Crippen molar-refractivity contribution in [2.45, 2.75) is 38.8 Å². The molecule has 0 aliphatic carbocycles. The van der Waals surface area contributed by atoms with Crippen molar-refractivity contribution in [3.63, 3.8) is 0 Å². The van der Waals surface area contributed by atoms with Gasteiger partial charge in [-0.3, -0.25) is 9.59 Å². The SMILES string of the molecule is Cc1nc(CC(=O)N2CCC[C@H]2C(=O)NCc2ccc(Cl)cc2)no1. The molecule has 0 radical (unpaired) electrons. The molecule has 1 fully saturated rings. The van der Waals surface area contributed by atoms with E-state index in [2.05, 4.69) is 15.5 Å². The molecule has 2 heterocycles. The highest BCUT2D eigenvalue weighted by molar-refractivity contribution is 6.30. The number of carbonyl (C=O) groups is 2. The number of benzene rings is 1. The van der Waals surface area contributed by atoms with Gasteiger partial charge in [-0.05, 0) is 30.5 Å². The van der Waals surface area contributed by atoms with Gasteiger partial charge in [-0.2, -0.15) is 4.98 Å². The van der Waals surface area contributed by atoms with E-state index >= 15 is 0 Å². The van der Waals surface area contributed by atoms with Gasteiger partial charge in [-0.1, -0.05) is 28.9 Å². The van der Waals surface area contributed by atoms with E-state index in [1.807, 2.05) is 12.1 Å². The molecule has 1 aromatic heterocycles. The van der Waals surface area contributed by atoms with Gasteiger partial charge in [-0.25, -0.2) is 0 Å². The third-order valence-electron chi connectivity index (χ3n) is 4.13. The van der Waals surface area contributed by atoms with E-state index in [4.69, 9.17) is 16.1 Å². The van der Waals surface area contributed by atoms with Crippen molar-refractivity contribution in [3.8, 4) is 0 Å². The number of aromatic nitrogens is 2. The molecule has 3 rings (SSSR count). The summed E-state index contributed by atoms with van der Waals surface area (Å²) in [5, 5.41) is 7.27. The monoisotopic (exact) mass is 362 g/mol. The molecule has 1 aliphatic heterocycles. The van der Waals surface area contributed by atoms with E-state index in [0.29, 0.717) is 36.2 Å². The minimum Gasteiger partial charge on any atom is -0.350 e. The smallest absolute Gasteiger partial charge is 0.243 e. The predicted octanol–water partition coefficient (Wildman–Crippen LogP) is 1.88. The number of nitrogens with one attached hydrogen (secondary N) is 1. The molecule has 1 saturated heterocycles. The minimum absolute atomic E-state index is 0.0400. The van der Waals surface area contributed by atoms with Gasteiger partial charge in [0.25, 0.3) is 0 Å². The van der Waals surface area contributed by atoms with Crippen molar-refractivity contribution in [1.29, 1.82) is 0 Å². The highest BCUT2D eigenvalue weighted by atomic mass is 35.5. The average molecular weight is 363 g/mol. The summed E-state index contributed by atoms with van der Waals surface area (Å²) >= 11 is 5.85. The molecule has 132 valence electrons. The Morgan fingerprint density at radius 2 is 2.12 bits per heavy atom. The van der Waals surface area contributed by atoms with E-state index in [1.165, 1.54) is 0 Å². The third kappa shape index (κ3) is 4.36. The average Bonchev–Trinajstić information content (AvgIpc) is 3.23. The second-order valence-corrected chi connectivity index (χ2v) is 6.43. The summed E-state index contributed by atoms with van der Waals surface area (Å²) in [5.74, 6) is 0.450. The Kier molecular flexibility index (Phi) is 5.33. The third-order valence-corrected chi connectivity index (χ3v) is 4.39. The number of hydrogen-bond acceptors (Lipinski definition) is 5. The van der Waals surface area contributed by atoms with E-state index in [0.717, 1.165) is 12.0 Å². The Balaban J connectivity index is 1.57. The summed E-state index contributed by atoms with van der Waals surface area (Å²) in [4.78, 5) is 30.6. The number of likely N-dealkylation sites (tertiary alicyclic amines) is 1. The number of halogens is 1. The van der Waals surface area contributed by atoms with Gasteiger partial charge in [0, 0.05) is 25.0 Å². The van der Waals surface area contributed by atoms with Crippen LogP contribution in [0, 0.1) is 6.92 Å². The summed E-state index contributed by atoms with van der Waals surface area (Å²) in [6.07, 6.45) is 1.50. The molecular weight excluding hydrogens is 344 g/mol. The maximum absolute atomic E-state index is 12.5. The van der Waals surface area contributed by atoms with Gasteiger partial charge in [0.15, 0.2) is 5.82 Å². The van der Waals surface area contributed by atoms with Crippen LogP contribution in [0.5, 0.6) is 0 Å². The molecule has 2 amide bonds. The Hall–Kier alpha value is -2.41. The van der Waals surface area contributed by atoms with Gasteiger partial charge in [-0.15, -0.1) is 0 Å². The van der Waals surface area contributed by atoms with Crippen molar-refractivity contribution in [2.75, 3.05) is 6.54 Å². The fraction of sp³-hybridized carbons (Fsp3) is 0.412. The van der Waals surface area contributed by atoms with E-state index in [-0.39, 0.29) is 18.2 Å². The highest BCUT2D eigenvalue weighted by Crippen LogP contribution is 2.19. The number of carbonyl (C=O) groups excluding carboxylic acids is 2. The zero-order valence-corrected chi connectivity index (χ0v) is 14.6. The van der Waals surface area contributed by atoms with Crippen LogP contribution in [0.4, 0.5) is 0 Å². The standard InChI is InChI=1S/C17H19ClN4O3/c1-11-20-15(21-25-11)9-16(23)22-8-2-3-14(22)17(24)19-10-12-4-6-13(18)7-5-12/h4-7,14H,2-3,8-10H2,1H3,(H,19,24)/t14-/m0/s1. The van der Waals surface area contributed by atoms with Crippen LogP contribution in [-0.4, -0.2) is 39.4 Å². The molecule has 25 heavy (non-hydrogen) atoms. The van der Waals surface area contributed by atoms with Crippen LogP contribution in [0.15, 0.2) is 28.8 Å². The summed E-state index contributed by atoms with van der Waals surface area (Å²) in [7, 11) is 0. The quantitative estimate of drug-likeness (QED) is 0.877. The van der Waals surface area contributed by atoms with Gasteiger partial charge < -0.3 is 14.7 Å². The number of amides is 2. The Bertz CT molecular complexity index is 760. The van der Waals surface area contributed by atoms with Crippen molar-refractivity contribution in [3.05, 3.63) is 46.6 Å². The Morgan fingerprint density at radius 3 is 2.80 bits per heavy atom. The van der Waals surface area contributed by atoms with Gasteiger partial charge in [0.1, 0.15) is 6.04 Å². The van der Waals surface area contributed by atoms with Gasteiger partial charge in [0.05, 0.1) is 6.42 Å². The van der Waals surface area contributed by atoms with Crippen LogP contribution < -0.4 is 5.32 Å². The first-order chi connectivity index (χ1) is 12.0. The first kappa shape index (κ1) is 17.4. The first-order valence-electron chi connectivity index (χ1n) is 8.14. The van der Waals surface area contributed by atoms with E-state index in [1.54, 1.807) is 24.0 Å². The topological polar surface area (TPSA) is 88.3 Å². The zero-order valence-electron chi connectivity index (χ0n) is 13.9. The lowest BCUT2D eigenvalue weighted by atomic mass is 10.1. The zero-order chi connectivity index (χ0) is 17.8. The van der Waals surface area contributed by atoms with Crippen molar-refractivity contribution < 1.29 is 14.1 Å². The van der Waals surface area contributed by atoms with Gasteiger partial charge in [0.2, 0.25) is 17.7 Å². The molecule has 1 aliphatic rings. The number of hydrogen-bond donors (Lipinski definition) is 1. The largest absolute Gasteiger partial charge is 0.350 e. The molecule has 0 bridgehead atoms. The molecule has 1 atom stereocenters. The molecule has 0 saturated carbocycles. The Labute approximate surface area is 150 Å². The first-order valence-corrected chi connectivity index (χ1v) is 8.51. The van der Waals surface area contributed by atoms with Gasteiger partial charge >= 0.3 is 0 Å². The maximum Gasteiger partial charge on any atom is 0.243 e. The number of rotatable bonds is 5. The lowest BCUT2D eigenvalue weighted by molar-refractivity contribution is -0.138. The molecule has 2 aromatic rings. The molecule has 7 nitrogen and oxygen atoms in total. The lowest BCUT2D eigenvalue weighted by Gasteiger charge is -2.23. The maximum atomic E-state index is 12.5. The second kappa shape index (κ2) is 7.65. The Morgan fingerprint density at radius 1 is 1.36 bits per heavy atom. The van der Waals surface area contributed by atoms with Crippen LogP contribution >= 0.6 is 11.6 Å². The van der Waals surface area contributed by atoms with Crippen molar-refractivity contribution in [1.82, 2.24) is 20.4 Å². The molecular formula is C17H19ClN4O3. The molecule has 8 heteroatoms. The number of nitrogens with zero attached hydrogens (tertiary/aromatic N) is 3. The fourth-order valence-corrected chi connectivity index (χ4v) is 3.02. The minimum atomic E-state index is -0.451. The van der Waals surface area contributed by atoms with Crippen LogP contribution in [0.25, 0.3) is 0 Å². The van der Waals surface area contributed by atoms with E-state index < -0.39 is 6.04 Å². The molecule has 0 spiro atoms. The summed E-state index contributed by atoms with van der Waals surface area (Å²) in [5.41, 5.74) is 0.955. The van der Waals surface area contributed by atoms with Crippen LogP contribution in [0.2, 0.25) is 5.02 Å². The fourth-order valence-electron chi connectivity index (χ4n) is 2.90. The molecule has 1 aromatic carbocycles. The van der Waals surface area contributed by atoms with Crippen molar-refractivity contribution >= 4 is 23.4 Å². The van der Waals surface area contributed by atoms with Crippen LogP contribution in [0.3, 0.4) is 0 Å². The lowest BCUT2D eigenvalue weighted by Crippen LogP contribution is -2.46. The van der Waals surface area contributed by atoms with Crippen LogP contribution in [-0.2, 0) is 22.6 Å². The summed E-state index contributed by atoms with van der Waals surface area (Å²) in [6.45, 7) is 2.64. The van der Waals surface area contributed by atoms with Crippen LogP contribution in [0.1, 0.15) is 30.1 Å². The van der Waals surface area contributed by atoms with Crippen molar-refractivity contribution in [2.24, 2.45) is 0 Å². The summed E-state index contributed by atoms with van der Waals surface area (Å²) in [6, 6.07) is 6.83. The molecule has 0 unspecified atom stereocenters. The highest BCUT2D eigenvalue weighted by Gasteiger charge is 2.34. The summed E-state index contributed by atoms with van der Waals surface area (Å²) < 4.78 is 4.88. The number of aryl methyl sites for hydroxylation is 1. The molecule has 1 N–H and O–H groups in total. The predicted molar refractivity (Wildman–Crippen MR) is 90.8 cm³/mol. The van der Waals surface area contributed by atoms with E-state index in [9.17, 15) is 9.59 Å². The normalized spacial score (nSPS) is 16.9. The second-order valence-electron chi connectivity index (χ2n) is 6.00.